The van der Waals surface area contributed by atoms with Gasteiger partial charge in [0, 0.05) is 10.9 Å². The van der Waals surface area contributed by atoms with E-state index < -0.39 is 0 Å². The van der Waals surface area contributed by atoms with Crippen molar-refractivity contribution < 1.29 is 4.52 Å². The number of anilines is 1. The fraction of sp³-hybridized carbons (Fsp3) is 0. The molecule has 80 valence electrons. The van der Waals surface area contributed by atoms with Gasteiger partial charge in [-0.25, -0.2) is 0 Å². The van der Waals surface area contributed by atoms with Crippen LogP contribution in [0.5, 0.6) is 0 Å². The van der Waals surface area contributed by atoms with E-state index in [0.29, 0.717) is 11.6 Å². The lowest BCUT2D eigenvalue weighted by Gasteiger charge is -1.82. The molecule has 0 amide bonds. The van der Waals surface area contributed by atoms with Crippen LogP contribution < -0.4 is 5.73 Å². The van der Waals surface area contributed by atoms with Crippen molar-refractivity contribution >= 4 is 17.3 Å². The summed E-state index contributed by atoms with van der Waals surface area (Å²) in [7, 11) is 0. The molecule has 0 aliphatic heterocycles. The molecule has 3 heterocycles. The third-order valence-electron chi connectivity index (χ3n) is 1.91. The van der Waals surface area contributed by atoms with Crippen molar-refractivity contribution in [3.63, 3.8) is 0 Å². The highest BCUT2D eigenvalue weighted by atomic mass is 32.1. The van der Waals surface area contributed by atoms with Gasteiger partial charge in [0.1, 0.15) is 0 Å². The van der Waals surface area contributed by atoms with E-state index in [9.17, 15) is 0 Å². The van der Waals surface area contributed by atoms with Crippen LogP contribution in [0, 0.1) is 0 Å². The molecule has 0 saturated carbocycles. The Labute approximate surface area is 93.3 Å². The first-order valence-electron chi connectivity index (χ1n) is 4.37. The molecule has 3 rings (SSSR count). The van der Waals surface area contributed by atoms with Gasteiger partial charge in [0.2, 0.25) is 17.6 Å². The monoisotopic (exact) mass is 234 g/mol. The Morgan fingerprint density at radius 1 is 1.38 bits per heavy atom. The molecule has 16 heavy (non-hydrogen) atoms. The highest BCUT2D eigenvalue weighted by Gasteiger charge is 2.13. The van der Waals surface area contributed by atoms with Gasteiger partial charge in [0.05, 0.1) is 0 Å². The number of aromatic amines is 1. The average molecular weight is 234 g/mol. The van der Waals surface area contributed by atoms with Crippen LogP contribution in [0.2, 0.25) is 0 Å². The van der Waals surface area contributed by atoms with Gasteiger partial charge in [0.25, 0.3) is 5.89 Å². The van der Waals surface area contributed by atoms with Gasteiger partial charge in [-0.3, -0.25) is 5.10 Å². The number of hydrogen-bond donors (Lipinski definition) is 2. The smallest absolute Gasteiger partial charge is 0.295 e. The highest BCUT2D eigenvalue weighted by Crippen LogP contribution is 2.21. The maximum Gasteiger partial charge on any atom is 0.295 e. The average Bonchev–Trinajstić information content (AvgIpc) is 2.97. The molecule has 3 N–H and O–H groups in total. The lowest BCUT2D eigenvalue weighted by atomic mass is 10.3. The number of H-pyrrole nitrogens is 1. The van der Waals surface area contributed by atoms with E-state index in [1.165, 1.54) is 0 Å². The van der Waals surface area contributed by atoms with Crippen LogP contribution in [0.25, 0.3) is 23.1 Å². The Kier molecular flexibility index (Phi) is 1.93. The second kappa shape index (κ2) is 3.42. The Hall–Kier alpha value is -2.22. The van der Waals surface area contributed by atoms with Crippen LogP contribution >= 0.6 is 11.3 Å². The summed E-state index contributed by atoms with van der Waals surface area (Å²) in [6.45, 7) is 0. The lowest BCUT2D eigenvalue weighted by molar-refractivity contribution is 0.429. The molecule has 3 aromatic heterocycles. The summed E-state index contributed by atoms with van der Waals surface area (Å²) in [5, 5.41) is 14.0. The summed E-state index contributed by atoms with van der Waals surface area (Å²) in [5.74, 6) is 1.30. The van der Waals surface area contributed by atoms with E-state index in [1.54, 1.807) is 11.3 Å². The van der Waals surface area contributed by atoms with Crippen LogP contribution in [0.3, 0.4) is 0 Å². The minimum absolute atomic E-state index is 0.144. The van der Waals surface area contributed by atoms with E-state index in [-0.39, 0.29) is 11.8 Å². The van der Waals surface area contributed by atoms with Gasteiger partial charge in [-0.05, 0) is 11.4 Å². The molecule has 0 aromatic carbocycles. The molecule has 0 radical (unpaired) electrons. The Morgan fingerprint density at radius 3 is 3.00 bits per heavy atom. The minimum Gasteiger partial charge on any atom is -0.366 e. The molecule has 0 unspecified atom stereocenters. The molecule has 0 aliphatic rings. The highest BCUT2D eigenvalue weighted by molar-refractivity contribution is 7.08. The number of aromatic nitrogens is 5. The summed E-state index contributed by atoms with van der Waals surface area (Å²) >= 11 is 1.57. The Bertz CT molecular complexity index is 598. The third-order valence-corrected chi connectivity index (χ3v) is 2.59. The molecule has 7 nitrogen and oxygen atoms in total. The molecular weight excluding hydrogens is 228 g/mol. The molecule has 0 spiro atoms. The summed E-state index contributed by atoms with van der Waals surface area (Å²) in [6, 6.07) is 1.91. The zero-order valence-corrected chi connectivity index (χ0v) is 8.73. The number of nitrogens with zero attached hydrogens (tertiary/aromatic N) is 4. The van der Waals surface area contributed by atoms with E-state index in [0.717, 1.165) is 5.56 Å². The fourth-order valence-electron chi connectivity index (χ4n) is 1.20. The second-order valence-electron chi connectivity index (χ2n) is 2.98. The van der Waals surface area contributed by atoms with Gasteiger partial charge in [-0.1, -0.05) is 5.16 Å². The van der Waals surface area contributed by atoms with Crippen molar-refractivity contribution in [1.82, 2.24) is 25.3 Å². The van der Waals surface area contributed by atoms with Gasteiger partial charge < -0.3 is 10.3 Å². The first-order chi connectivity index (χ1) is 7.83. The van der Waals surface area contributed by atoms with Crippen LogP contribution in [-0.4, -0.2) is 25.3 Å². The SMILES string of the molecule is Nc1n[nH]c(-c2nc(-c3ccsc3)no2)n1. The largest absolute Gasteiger partial charge is 0.366 e. The van der Waals surface area contributed by atoms with Gasteiger partial charge in [-0.15, -0.1) is 5.10 Å². The van der Waals surface area contributed by atoms with Crippen molar-refractivity contribution in [1.29, 1.82) is 0 Å². The fourth-order valence-corrected chi connectivity index (χ4v) is 1.83. The van der Waals surface area contributed by atoms with Crippen molar-refractivity contribution in [2.75, 3.05) is 5.73 Å². The second-order valence-corrected chi connectivity index (χ2v) is 3.76. The predicted octanol–water partition coefficient (Wildman–Crippen LogP) is 1.17. The van der Waals surface area contributed by atoms with E-state index in [4.69, 9.17) is 10.3 Å². The normalized spacial score (nSPS) is 10.8. The first kappa shape index (κ1) is 9.04. The van der Waals surface area contributed by atoms with Gasteiger partial charge in [-0.2, -0.15) is 21.3 Å². The quantitative estimate of drug-likeness (QED) is 0.689. The molecule has 0 bridgehead atoms. The Balaban J connectivity index is 2.00. The number of nitrogens with one attached hydrogen (secondary N) is 1. The van der Waals surface area contributed by atoms with E-state index in [2.05, 4.69) is 25.3 Å². The van der Waals surface area contributed by atoms with Crippen molar-refractivity contribution in [2.45, 2.75) is 0 Å². The van der Waals surface area contributed by atoms with Crippen LogP contribution in [0.15, 0.2) is 21.3 Å². The van der Waals surface area contributed by atoms with Crippen molar-refractivity contribution in [3.05, 3.63) is 16.8 Å². The number of thiophene rings is 1. The molecule has 0 saturated heterocycles. The Morgan fingerprint density at radius 2 is 2.31 bits per heavy atom. The zero-order chi connectivity index (χ0) is 11.0. The van der Waals surface area contributed by atoms with Gasteiger partial charge >= 0.3 is 0 Å². The summed E-state index contributed by atoms with van der Waals surface area (Å²) < 4.78 is 5.04. The summed E-state index contributed by atoms with van der Waals surface area (Å²) in [5.41, 5.74) is 6.29. The standard InChI is InChI=1S/C8H6N6OS/c9-8-11-6(12-13-8)7-10-5(14-15-7)4-1-2-16-3-4/h1-3H,(H3,9,11,12,13). The summed E-state index contributed by atoms with van der Waals surface area (Å²) in [6.07, 6.45) is 0. The minimum atomic E-state index is 0.144. The number of hydrogen-bond acceptors (Lipinski definition) is 7. The first-order valence-corrected chi connectivity index (χ1v) is 5.32. The molecule has 0 aliphatic carbocycles. The number of nitrogens with two attached hydrogens (primary N) is 1. The van der Waals surface area contributed by atoms with Crippen molar-refractivity contribution in [2.24, 2.45) is 0 Å². The topological polar surface area (TPSA) is 107 Å². The van der Waals surface area contributed by atoms with E-state index in [1.807, 2.05) is 16.8 Å². The zero-order valence-electron chi connectivity index (χ0n) is 7.91. The molecule has 8 heteroatoms. The van der Waals surface area contributed by atoms with Crippen LogP contribution in [-0.2, 0) is 0 Å². The molecule has 3 aromatic rings. The maximum absolute atomic E-state index is 5.38. The predicted molar refractivity (Wildman–Crippen MR) is 57.4 cm³/mol. The molecular formula is C8H6N6OS. The third kappa shape index (κ3) is 1.44. The molecule has 0 atom stereocenters. The number of rotatable bonds is 2. The van der Waals surface area contributed by atoms with Gasteiger partial charge in [0.15, 0.2) is 0 Å². The van der Waals surface area contributed by atoms with Crippen molar-refractivity contribution in [3.8, 4) is 23.1 Å². The lowest BCUT2D eigenvalue weighted by Crippen LogP contribution is -1.85. The summed E-state index contributed by atoms with van der Waals surface area (Å²) in [4.78, 5) is 8.07. The number of nitrogen functional groups attached to an aromatic ring is 1. The van der Waals surface area contributed by atoms with E-state index >= 15 is 0 Å². The van der Waals surface area contributed by atoms with Crippen LogP contribution in [0.1, 0.15) is 0 Å². The maximum atomic E-state index is 5.38. The molecule has 0 fully saturated rings. The van der Waals surface area contributed by atoms with Crippen LogP contribution in [0.4, 0.5) is 5.95 Å².